The van der Waals surface area contributed by atoms with Crippen LogP contribution >= 0.6 is 0 Å². The van der Waals surface area contributed by atoms with Crippen LogP contribution in [0.15, 0.2) is 0 Å². The summed E-state index contributed by atoms with van der Waals surface area (Å²) < 4.78 is 28.6. The van der Waals surface area contributed by atoms with E-state index in [-0.39, 0.29) is 0 Å². The van der Waals surface area contributed by atoms with Gasteiger partial charge in [0.15, 0.2) is 0 Å². The molecule has 0 saturated carbocycles. The molecule has 0 aromatic rings. The molecule has 7 nitrogen and oxygen atoms in total. The molecule has 0 fully saturated rings. The molecule has 0 aliphatic rings. The summed E-state index contributed by atoms with van der Waals surface area (Å²) in [6.07, 6.45) is 1.73. The quantitative estimate of drug-likeness (QED) is 0.476. The first-order chi connectivity index (χ1) is 11.5. The van der Waals surface area contributed by atoms with Gasteiger partial charge in [0.25, 0.3) is 0 Å². The van der Waals surface area contributed by atoms with E-state index in [0.29, 0.717) is 39.4 Å². The minimum Gasteiger partial charge on any atom is -0.450 e. The second-order valence-corrected chi connectivity index (χ2v) is 7.26. The molecule has 1 N–H and O–H groups in total. The number of nitrogens with one attached hydrogen (secondary N) is 1. The van der Waals surface area contributed by atoms with E-state index in [4.69, 9.17) is 22.4 Å². The van der Waals surface area contributed by atoms with E-state index in [1.165, 1.54) is 0 Å². The highest BCUT2D eigenvalue weighted by atomic mass is 28.4. The Bertz CT molecular complexity index is 322. The van der Waals surface area contributed by atoms with E-state index in [1.54, 1.807) is 6.92 Å². The van der Waals surface area contributed by atoms with Gasteiger partial charge in [0.2, 0.25) is 0 Å². The van der Waals surface area contributed by atoms with E-state index in [9.17, 15) is 4.79 Å². The lowest BCUT2D eigenvalue weighted by Gasteiger charge is -2.39. The summed E-state index contributed by atoms with van der Waals surface area (Å²) in [5.41, 5.74) is -0.481. The molecule has 0 bridgehead atoms. The third kappa shape index (κ3) is 7.93. The number of carbonyl (C=O) groups excluding carboxylic acids is 1. The Morgan fingerprint density at radius 1 is 0.875 bits per heavy atom. The Balaban J connectivity index is 5.04. The van der Waals surface area contributed by atoms with Gasteiger partial charge >= 0.3 is 15.1 Å². The van der Waals surface area contributed by atoms with Gasteiger partial charge in [0.1, 0.15) is 0 Å². The van der Waals surface area contributed by atoms with Gasteiger partial charge in [0, 0.05) is 26.4 Å². The lowest BCUT2D eigenvalue weighted by molar-refractivity contribution is -0.0961. The van der Waals surface area contributed by atoms with E-state index < -0.39 is 20.7 Å². The van der Waals surface area contributed by atoms with Crippen molar-refractivity contribution in [2.75, 3.05) is 33.0 Å². The predicted octanol–water partition coefficient (Wildman–Crippen LogP) is 3.24. The van der Waals surface area contributed by atoms with Crippen molar-refractivity contribution in [1.82, 2.24) is 5.32 Å². The van der Waals surface area contributed by atoms with Crippen molar-refractivity contribution >= 4 is 15.1 Å². The molecule has 0 saturated heterocycles. The Labute approximate surface area is 147 Å². The number of carbonyl (C=O) groups is 1. The van der Waals surface area contributed by atoms with Crippen LogP contribution in [0.5, 0.6) is 0 Å². The predicted molar refractivity (Wildman–Crippen MR) is 94.7 cm³/mol. The third-order valence-corrected chi connectivity index (χ3v) is 6.33. The standard InChI is InChI=1S/C16H35NO6Si/c1-7-16(8-2,13-14-17-15(18)19-9-3)23-24(20-10-4,21-11-5)22-12-6/h7-14H2,1-6H3,(H,17,18). The Hall–Kier alpha value is -0.673. The molecule has 0 atom stereocenters. The van der Waals surface area contributed by atoms with Crippen molar-refractivity contribution < 1.29 is 27.2 Å². The summed E-state index contributed by atoms with van der Waals surface area (Å²) in [7, 11) is -3.21. The molecule has 0 aliphatic carbocycles. The van der Waals surface area contributed by atoms with Crippen LogP contribution in [0.4, 0.5) is 4.79 Å². The van der Waals surface area contributed by atoms with E-state index in [2.05, 4.69) is 19.2 Å². The Morgan fingerprint density at radius 3 is 1.75 bits per heavy atom. The fraction of sp³-hybridized carbons (Fsp3) is 0.938. The van der Waals surface area contributed by atoms with Crippen LogP contribution in [0.3, 0.4) is 0 Å². The normalized spacial score (nSPS) is 12.2. The maximum Gasteiger partial charge on any atom is 0.680 e. The van der Waals surface area contributed by atoms with Gasteiger partial charge in [-0.25, -0.2) is 4.79 Å². The molecule has 0 aliphatic heterocycles. The zero-order chi connectivity index (χ0) is 18.5. The molecule has 8 heteroatoms. The maximum absolute atomic E-state index is 11.5. The summed E-state index contributed by atoms with van der Waals surface area (Å²) in [6.45, 7) is 13.7. The molecular weight excluding hydrogens is 330 g/mol. The molecule has 0 aromatic carbocycles. The topological polar surface area (TPSA) is 75.3 Å². The van der Waals surface area contributed by atoms with Crippen LogP contribution in [-0.2, 0) is 22.4 Å². The zero-order valence-electron chi connectivity index (χ0n) is 16.1. The molecule has 0 radical (unpaired) electrons. The second-order valence-electron chi connectivity index (χ2n) is 5.19. The smallest absolute Gasteiger partial charge is 0.450 e. The highest BCUT2D eigenvalue weighted by Gasteiger charge is 2.50. The summed E-state index contributed by atoms with van der Waals surface area (Å²) >= 11 is 0. The number of amides is 1. The van der Waals surface area contributed by atoms with Crippen molar-refractivity contribution in [3.05, 3.63) is 0 Å². The molecule has 0 spiro atoms. The van der Waals surface area contributed by atoms with Gasteiger partial charge < -0.3 is 27.8 Å². The lowest BCUT2D eigenvalue weighted by Crippen LogP contribution is -2.56. The summed E-state index contributed by atoms with van der Waals surface area (Å²) in [5.74, 6) is 0. The van der Waals surface area contributed by atoms with Gasteiger partial charge in [-0.1, -0.05) is 13.8 Å². The van der Waals surface area contributed by atoms with Crippen LogP contribution in [0.1, 0.15) is 60.8 Å². The number of rotatable bonds is 14. The summed E-state index contributed by atoms with van der Waals surface area (Å²) in [4.78, 5) is 11.5. The molecule has 0 aromatic heterocycles. The van der Waals surface area contributed by atoms with E-state index >= 15 is 0 Å². The average molecular weight is 366 g/mol. The average Bonchev–Trinajstić information content (AvgIpc) is 2.55. The van der Waals surface area contributed by atoms with Crippen molar-refractivity contribution in [2.45, 2.75) is 66.4 Å². The fourth-order valence-corrected chi connectivity index (χ4v) is 4.79. The first-order valence-electron chi connectivity index (χ1n) is 8.99. The highest BCUT2D eigenvalue weighted by Crippen LogP contribution is 2.30. The SMILES string of the molecule is CCOC(=O)NCCC(CC)(CC)O[Si](OCC)(OCC)OCC. The number of hydrogen-bond donors (Lipinski definition) is 1. The third-order valence-electron chi connectivity index (χ3n) is 3.72. The summed E-state index contributed by atoms with van der Waals surface area (Å²) in [5, 5.41) is 2.74. The van der Waals surface area contributed by atoms with Crippen LogP contribution in [-0.4, -0.2) is 53.7 Å². The molecule has 1 amide bonds. The minimum absolute atomic E-state index is 0.351. The molecule has 0 unspecified atom stereocenters. The van der Waals surface area contributed by atoms with E-state index in [1.807, 2.05) is 20.8 Å². The van der Waals surface area contributed by atoms with Gasteiger partial charge in [-0.15, -0.1) is 0 Å². The summed E-state index contributed by atoms with van der Waals surface area (Å²) in [6, 6.07) is 0. The van der Waals surface area contributed by atoms with Gasteiger partial charge in [-0.2, -0.15) is 0 Å². The monoisotopic (exact) mass is 365 g/mol. The maximum atomic E-state index is 11.5. The molecule has 24 heavy (non-hydrogen) atoms. The van der Waals surface area contributed by atoms with Crippen LogP contribution in [0.2, 0.25) is 0 Å². The minimum atomic E-state index is -3.21. The van der Waals surface area contributed by atoms with Gasteiger partial charge in [-0.05, 0) is 47.0 Å². The number of hydrogen-bond acceptors (Lipinski definition) is 6. The first-order valence-corrected chi connectivity index (χ1v) is 10.6. The van der Waals surface area contributed by atoms with Crippen molar-refractivity contribution in [3.8, 4) is 0 Å². The second kappa shape index (κ2) is 12.7. The molecule has 0 heterocycles. The molecule has 144 valence electrons. The number of ether oxygens (including phenoxy) is 1. The van der Waals surface area contributed by atoms with Crippen LogP contribution in [0.25, 0.3) is 0 Å². The lowest BCUT2D eigenvalue weighted by atomic mass is 9.93. The molecule has 0 rings (SSSR count). The van der Waals surface area contributed by atoms with Crippen molar-refractivity contribution in [2.24, 2.45) is 0 Å². The fourth-order valence-electron chi connectivity index (χ4n) is 2.38. The Kier molecular flexibility index (Phi) is 12.3. The zero-order valence-corrected chi connectivity index (χ0v) is 17.1. The largest absolute Gasteiger partial charge is 0.680 e. The number of alkyl carbamates (subject to hydrolysis) is 1. The van der Waals surface area contributed by atoms with Gasteiger partial charge in [0.05, 0.1) is 12.2 Å². The van der Waals surface area contributed by atoms with E-state index in [0.717, 1.165) is 12.8 Å². The first kappa shape index (κ1) is 23.3. The van der Waals surface area contributed by atoms with Crippen molar-refractivity contribution in [1.29, 1.82) is 0 Å². The van der Waals surface area contributed by atoms with Crippen molar-refractivity contribution in [3.63, 3.8) is 0 Å². The Morgan fingerprint density at radius 2 is 1.38 bits per heavy atom. The van der Waals surface area contributed by atoms with Crippen LogP contribution in [0, 0.1) is 0 Å². The highest BCUT2D eigenvalue weighted by molar-refractivity contribution is 6.53. The molecular formula is C16H35NO6Si. The van der Waals surface area contributed by atoms with Crippen LogP contribution < -0.4 is 5.32 Å². The van der Waals surface area contributed by atoms with Gasteiger partial charge in [-0.3, -0.25) is 0 Å².